The van der Waals surface area contributed by atoms with Gasteiger partial charge in [-0.1, -0.05) is 63.2 Å². The fourth-order valence-electron chi connectivity index (χ4n) is 3.50. The third kappa shape index (κ3) is 6.16. The molecule has 0 fully saturated rings. The zero-order valence-corrected chi connectivity index (χ0v) is 22.4. The van der Waals surface area contributed by atoms with E-state index in [0.717, 1.165) is 33.6 Å². The smallest absolute Gasteiger partial charge is 0.338 e. The van der Waals surface area contributed by atoms with Crippen molar-refractivity contribution in [2.75, 3.05) is 7.11 Å². The molecule has 0 aromatic heterocycles. The third-order valence-corrected chi connectivity index (χ3v) is 10.9. The molecular weight excluding hydrogens is 440 g/mol. The fraction of sp³-hybridized carbons (Fsp3) is 0.345. The molecule has 3 aromatic rings. The Kier molecular flexibility index (Phi) is 8.00. The van der Waals surface area contributed by atoms with Crippen molar-refractivity contribution >= 4 is 14.3 Å². The first-order chi connectivity index (χ1) is 16.0. The summed E-state index contributed by atoms with van der Waals surface area (Å²) in [6.45, 7) is 14.2. The van der Waals surface area contributed by atoms with Crippen LogP contribution in [0.5, 0.6) is 5.75 Å². The molecule has 0 spiro atoms. The molecule has 0 aliphatic rings. The second-order valence-corrected chi connectivity index (χ2v) is 14.9. The van der Waals surface area contributed by atoms with Crippen LogP contribution in [0.1, 0.15) is 47.8 Å². The summed E-state index contributed by atoms with van der Waals surface area (Å²) in [7, 11) is -0.486. The van der Waals surface area contributed by atoms with Gasteiger partial charge in [0, 0.05) is 0 Å². The predicted octanol–water partition coefficient (Wildman–Crippen LogP) is 7.55. The Morgan fingerprint density at radius 2 is 1.53 bits per heavy atom. The van der Waals surface area contributed by atoms with Crippen molar-refractivity contribution in [1.29, 1.82) is 0 Å². The van der Waals surface area contributed by atoms with Crippen LogP contribution >= 0.6 is 0 Å². The molecular formula is C29H36O4Si. The summed E-state index contributed by atoms with van der Waals surface area (Å²) in [5, 5.41) is 0.144. The molecule has 0 N–H and O–H groups in total. The first-order valence-corrected chi connectivity index (χ1v) is 14.6. The lowest BCUT2D eigenvalue weighted by Gasteiger charge is -2.36. The number of rotatable bonds is 8. The molecule has 0 unspecified atom stereocenters. The molecule has 0 heterocycles. The van der Waals surface area contributed by atoms with E-state index < -0.39 is 8.32 Å². The van der Waals surface area contributed by atoms with Crippen molar-refractivity contribution in [3.05, 3.63) is 89.0 Å². The van der Waals surface area contributed by atoms with Gasteiger partial charge in [-0.2, -0.15) is 0 Å². The van der Waals surface area contributed by atoms with Crippen molar-refractivity contribution in [3.8, 4) is 16.9 Å². The second kappa shape index (κ2) is 10.6. The zero-order chi connectivity index (χ0) is 24.9. The van der Waals surface area contributed by atoms with Gasteiger partial charge in [0.15, 0.2) is 0 Å². The number of hydrogen-bond donors (Lipinski definition) is 0. The van der Waals surface area contributed by atoms with Crippen LogP contribution in [0.3, 0.4) is 0 Å². The monoisotopic (exact) mass is 476 g/mol. The fourth-order valence-corrected chi connectivity index (χ4v) is 4.52. The molecule has 0 bridgehead atoms. The maximum Gasteiger partial charge on any atom is 0.338 e. The maximum absolute atomic E-state index is 12.4. The molecule has 0 atom stereocenters. The summed E-state index contributed by atoms with van der Waals surface area (Å²) in [6.07, 6.45) is 0. The first kappa shape index (κ1) is 25.7. The van der Waals surface area contributed by atoms with Crippen molar-refractivity contribution in [2.24, 2.45) is 0 Å². The number of esters is 1. The van der Waals surface area contributed by atoms with E-state index in [1.54, 1.807) is 0 Å². The van der Waals surface area contributed by atoms with Crippen LogP contribution in [0.4, 0.5) is 0 Å². The molecule has 3 aromatic carbocycles. The summed E-state index contributed by atoms with van der Waals surface area (Å²) < 4.78 is 17.5. The topological polar surface area (TPSA) is 44.8 Å². The minimum absolute atomic E-state index is 0.144. The summed E-state index contributed by atoms with van der Waals surface area (Å²) >= 11 is 0. The van der Waals surface area contributed by atoms with Gasteiger partial charge < -0.3 is 13.9 Å². The summed E-state index contributed by atoms with van der Waals surface area (Å²) in [5.41, 5.74) is 5.59. The number of carbonyl (C=O) groups excluding carboxylic acids is 1. The largest absolute Gasteiger partial charge is 0.543 e. The number of aryl methyl sites for hydroxylation is 1. The van der Waals surface area contributed by atoms with Gasteiger partial charge in [0.2, 0.25) is 8.32 Å². The second-order valence-electron chi connectivity index (χ2n) is 10.2. The van der Waals surface area contributed by atoms with Crippen LogP contribution in [-0.4, -0.2) is 21.4 Å². The highest BCUT2D eigenvalue weighted by Gasteiger charge is 2.38. The Labute approximate surface area is 205 Å². The van der Waals surface area contributed by atoms with Gasteiger partial charge >= 0.3 is 5.97 Å². The van der Waals surface area contributed by atoms with Gasteiger partial charge in [-0.25, -0.2) is 4.79 Å². The standard InChI is InChI=1S/C29H36O4Si/c1-21-11-8-9-14-25(21)27-18-23(15-16-26(27)28(30)31-5)20-32-19-22-12-10-13-24(17-22)33-34(6,7)29(2,3)4/h8-18H,19-20H2,1-7H3. The quantitative estimate of drug-likeness (QED) is 0.249. The highest BCUT2D eigenvalue weighted by Crippen LogP contribution is 2.37. The van der Waals surface area contributed by atoms with E-state index >= 15 is 0 Å². The number of ether oxygens (including phenoxy) is 2. The minimum atomic E-state index is -1.89. The number of hydrogen-bond acceptors (Lipinski definition) is 4. The SMILES string of the molecule is COC(=O)c1ccc(COCc2cccc(O[Si](C)(C)C(C)(C)C)c2)cc1-c1ccccc1C. The van der Waals surface area contributed by atoms with E-state index in [-0.39, 0.29) is 11.0 Å². The average Bonchev–Trinajstić information content (AvgIpc) is 2.78. The predicted molar refractivity (Wildman–Crippen MR) is 141 cm³/mol. The van der Waals surface area contributed by atoms with Crippen LogP contribution < -0.4 is 4.43 Å². The highest BCUT2D eigenvalue weighted by molar-refractivity contribution is 6.74. The van der Waals surface area contributed by atoms with E-state index in [1.165, 1.54) is 7.11 Å². The van der Waals surface area contributed by atoms with Crippen molar-refractivity contribution in [2.45, 2.75) is 59.0 Å². The lowest BCUT2D eigenvalue weighted by molar-refractivity contribution is 0.0601. The molecule has 0 aliphatic carbocycles. The van der Waals surface area contributed by atoms with Crippen LogP contribution in [0, 0.1) is 6.92 Å². The van der Waals surface area contributed by atoms with Crippen molar-refractivity contribution in [3.63, 3.8) is 0 Å². The van der Waals surface area contributed by atoms with Crippen LogP contribution in [0.25, 0.3) is 11.1 Å². The highest BCUT2D eigenvalue weighted by atomic mass is 28.4. The van der Waals surface area contributed by atoms with E-state index in [4.69, 9.17) is 13.9 Å². The van der Waals surface area contributed by atoms with Crippen LogP contribution in [0.15, 0.2) is 66.7 Å². The van der Waals surface area contributed by atoms with Crippen LogP contribution in [0.2, 0.25) is 18.1 Å². The molecule has 0 saturated heterocycles. The molecule has 34 heavy (non-hydrogen) atoms. The van der Waals surface area contributed by atoms with Gasteiger partial charge in [0.25, 0.3) is 0 Å². The lowest BCUT2D eigenvalue weighted by Crippen LogP contribution is -2.43. The number of carbonyl (C=O) groups is 1. The molecule has 0 amide bonds. The van der Waals surface area contributed by atoms with Gasteiger partial charge in [-0.3, -0.25) is 0 Å². The molecule has 0 radical (unpaired) electrons. The van der Waals surface area contributed by atoms with E-state index in [1.807, 2.05) is 61.5 Å². The molecule has 3 rings (SSSR count). The van der Waals surface area contributed by atoms with E-state index in [9.17, 15) is 4.79 Å². The molecule has 0 saturated carbocycles. The van der Waals surface area contributed by atoms with Gasteiger partial charge in [0.05, 0.1) is 25.9 Å². The Morgan fingerprint density at radius 3 is 2.18 bits per heavy atom. The Balaban J connectivity index is 1.74. The molecule has 0 aliphatic heterocycles. The zero-order valence-electron chi connectivity index (χ0n) is 21.4. The van der Waals surface area contributed by atoms with Gasteiger partial charge in [-0.05, 0) is 77.1 Å². The number of methoxy groups -OCH3 is 1. The third-order valence-electron chi connectivity index (χ3n) is 6.54. The maximum atomic E-state index is 12.4. The van der Waals surface area contributed by atoms with Crippen LogP contribution in [-0.2, 0) is 22.7 Å². The summed E-state index contributed by atoms with van der Waals surface area (Å²) in [5.74, 6) is 0.557. The van der Waals surface area contributed by atoms with E-state index in [0.29, 0.717) is 18.8 Å². The van der Waals surface area contributed by atoms with Gasteiger partial charge in [-0.15, -0.1) is 0 Å². The Morgan fingerprint density at radius 1 is 0.853 bits per heavy atom. The molecule has 4 nitrogen and oxygen atoms in total. The van der Waals surface area contributed by atoms with Gasteiger partial charge in [0.1, 0.15) is 5.75 Å². The minimum Gasteiger partial charge on any atom is -0.543 e. The lowest BCUT2D eigenvalue weighted by atomic mass is 9.94. The first-order valence-electron chi connectivity index (χ1n) is 11.6. The summed E-state index contributed by atoms with van der Waals surface area (Å²) in [6, 6.07) is 22.0. The normalized spacial score (nSPS) is 11.9. The Hall–Kier alpha value is -2.89. The average molecular weight is 477 g/mol. The molecule has 5 heteroatoms. The van der Waals surface area contributed by atoms with E-state index in [2.05, 4.69) is 46.0 Å². The number of benzene rings is 3. The molecule has 180 valence electrons. The van der Waals surface area contributed by atoms with Crippen molar-refractivity contribution < 1.29 is 18.7 Å². The van der Waals surface area contributed by atoms with Crippen molar-refractivity contribution in [1.82, 2.24) is 0 Å². The summed E-state index contributed by atoms with van der Waals surface area (Å²) in [4.78, 5) is 12.4. The Bertz CT molecular complexity index is 1140.